The summed E-state index contributed by atoms with van der Waals surface area (Å²) in [6.07, 6.45) is 4.60. The Bertz CT molecular complexity index is 195. The highest BCUT2D eigenvalue weighted by Crippen LogP contribution is 1.73. The molecule has 0 radical (unpaired) electrons. The van der Waals surface area contributed by atoms with Crippen LogP contribution >= 0.6 is 0 Å². The van der Waals surface area contributed by atoms with Gasteiger partial charge in [-0.05, 0) is 12.1 Å². The molecule has 0 aliphatic heterocycles. The lowest BCUT2D eigenvalue weighted by Gasteiger charge is -1.83. The van der Waals surface area contributed by atoms with Crippen molar-refractivity contribution in [3.05, 3.63) is 43.4 Å². The summed E-state index contributed by atoms with van der Waals surface area (Å²) in [5, 5.41) is 0. The molecule has 1 aromatic heterocycles. The van der Waals surface area contributed by atoms with Crippen molar-refractivity contribution in [1.82, 2.24) is 4.98 Å². The van der Waals surface area contributed by atoms with Crippen LogP contribution in [0, 0.1) is 0 Å². The Morgan fingerprint density at radius 3 is 2.08 bits per heavy atom. The van der Waals surface area contributed by atoms with Gasteiger partial charge in [0.15, 0.2) is 0 Å². The van der Waals surface area contributed by atoms with Crippen molar-refractivity contribution in [3.63, 3.8) is 0 Å². The monoisotopic (exact) mass is 165 g/mol. The maximum absolute atomic E-state index is 9.75. The lowest BCUT2D eigenvalue weighted by Crippen LogP contribution is -1.87. The fourth-order valence-electron chi connectivity index (χ4n) is 0.430. The second-order valence-corrected chi connectivity index (χ2v) is 1.80. The molecule has 0 N–H and O–H groups in total. The standard InChI is InChI=1S/C5H5N.C4H6O2/c1-2-4-6-5-3-1;1-3-6-4(2)5/h1-5H;3H,1H2,2H3. The lowest BCUT2D eigenvalue weighted by atomic mass is 10.5. The van der Waals surface area contributed by atoms with E-state index in [0.29, 0.717) is 0 Å². The van der Waals surface area contributed by atoms with Crippen LogP contribution in [0.2, 0.25) is 0 Å². The number of nitrogens with zero attached hydrogens (tertiary/aromatic N) is 1. The maximum Gasteiger partial charge on any atom is 0.307 e. The number of hydrogen-bond acceptors (Lipinski definition) is 3. The summed E-state index contributed by atoms with van der Waals surface area (Å²) < 4.78 is 4.17. The minimum atomic E-state index is -0.329. The zero-order chi connectivity index (χ0) is 9.23. The molecule has 1 aromatic rings. The van der Waals surface area contributed by atoms with E-state index >= 15 is 0 Å². The number of esters is 1. The van der Waals surface area contributed by atoms with Gasteiger partial charge in [0.25, 0.3) is 0 Å². The lowest BCUT2D eigenvalue weighted by molar-refractivity contribution is -0.135. The molecule has 0 fully saturated rings. The van der Waals surface area contributed by atoms with Gasteiger partial charge in [-0.15, -0.1) is 0 Å². The fraction of sp³-hybridized carbons (Fsp3) is 0.111. The summed E-state index contributed by atoms with van der Waals surface area (Å²) >= 11 is 0. The van der Waals surface area contributed by atoms with Crippen LogP contribution in [0.3, 0.4) is 0 Å². The number of hydrogen-bond donors (Lipinski definition) is 0. The first kappa shape index (κ1) is 10.4. The predicted octanol–water partition coefficient (Wildman–Crippen LogP) is 1.77. The number of ether oxygens (including phenoxy) is 1. The highest BCUT2D eigenvalue weighted by Gasteiger charge is 1.79. The molecule has 3 heteroatoms. The Labute approximate surface area is 71.7 Å². The van der Waals surface area contributed by atoms with E-state index in [1.54, 1.807) is 12.4 Å². The second-order valence-electron chi connectivity index (χ2n) is 1.80. The first-order valence-corrected chi connectivity index (χ1v) is 3.40. The summed E-state index contributed by atoms with van der Waals surface area (Å²) in [6, 6.07) is 5.72. The van der Waals surface area contributed by atoms with E-state index in [0.717, 1.165) is 6.26 Å². The minimum Gasteiger partial charge on any atom is -0.435 e. The Hall–Kier alpha value is -1.64. The number of rotatable bonds is 1. The summed E-state index contributed by atoms with van der Waals surface area (Å²) in [5.74, 6) is -0.329. The van der Waals surface area contributed by atoms with Gasteiger partial charge >= 0.3 is 5.97 Å². The maximum atomic E-state index is 9.75. The van der Waals surface area contributed by atoms with Crippen LogP contribution in [-0.2, 0) is 9.53 Å². The molecular formula is C9H11NO2. The molecule has 64 valence electrons. The molecule has 0 spiro atoms. The highest BCUT2D eigenvalue weighted by molar-refractivity contribution is 5.66. The van der Waals surface area contributed by atoms with E-state index in [2.05, 4.69) is 16.3 Å². The Morgan fingerprint density at radius 2 is 2.00 bits per heavy atom. The molecule has 0 bridgehead atoms. The quantitative estimate of drug-likeness (QED) is 0.470. The normalized spacial score (nSPS) is 7.42. The molecule has 12 heavy (non-hydrogen) atoms. The molecule has 3 nitrogen and oxygen atoms in total. The molecule has 0 amide bonds. The Balaban J connectivity index is 0.000000202. The Kier molecular flexibility index (Phi) is 6.45. The minimum absolute atomic E-state index is 0.329. The summed E-state index contributed by atoms with van der Waals surface area (Å²) in [4.78, 5) is 13.5. The molecule has 0 aromatic carbocycles. The van der Waals surface area contributed by atoms with Gasteiger partial charge < -0.3 is 4.74 Å². The van der Waals surface area contributed by atoms with E-state index < -0.39 is 0 Å². The summed E-state index contributed by atoms with van der Waals surface area (Å²) in [6.45, 7) is 4.48. The number of aromatic nitrogens is 1. The number of pyridine rings is 1. The van der Waals surface area contributed by atoms with Crippen molar-refractivity contribution in [3.8, 4) is 0 Å². The van der Waals surface area contributed by atoms with Gasteiger partial charge in [-0.2, -0.15) is 0 Å². The van der Waals surface area contributed by atoms with E-state index in [-0.39, 0.29) is 5.97 Å². The van der Waals surface area contributed by atoms with Gasteiger partial charge in [0.1, 0.15) is 0 Å². The average molecular weight is 165 g/mol. The van der Waals surface area contributed by atoms with Gasteiger partial charge in [-0.25, -0.2) is 0 Å². The van der Waals surface area contributed by atoms with Crippen molar-refractivity contribution >= 4 is 5.97 Å². The summed E-state index contributed by atoms with van der Waals surface area (Å²) in [7, 11) is 0. The number of carbonyl (C=O) groups is 1. The molecule has 1 rings (SSSR count). The van der Waals surface area contributed by atoms with Gasteiger partial charge in [0, 0.05) is 19.3 Å². The third-order valence-electron chi connectivity index (χ3n) is 0.816. The largest absolute Gasteiger partial charge is 0.435 e. The highest BCUT2D eigenvalue weighted by atomic mass is 16.5. The van der Waals surface area contributed by atoms with Crippen molar-refractivity contribution in [2.45, 2.75) is 6.92 Å². The average Bonchev–Trinajstić information content (AvgIpc) is 2.08. The van der Waals surface area contributed by atoms with Crippen LogP contribution in [0.4, 0.5) is 0 Å². The molecular weight excluding hydrogens is 154 g/mol. The molecule has 0 aliphatic carbocycles. The third-order valence-corrected chi connectivity index (χ3v) is 0.816. The van der Waals surface area contributed by atoms with Crippen molar-refractivity contribution in [2.24, 2.45) is 0 Å². The van der Waals surface area contributed by atoms with Gasteiger partial charge in [-0.1, -0.05) is 12.6 Å². The van der Waals surface area contributed by atoms with Crippen LogP contribution < -0.4 is 0 Å². The van der Waals surface area contributed by atoms with Crippen LogP contribution in [-0.4, -0.2) is 11.0 Å². The molecule has 0 unspecified atom stereocenters. The SMILES string of the molecule is C=COC(C)=O.c1ccncc1. The smallest absolute Gasteiger partial charge is 0.307 e. The van der Waals surface area contributed by atoms with Crippen LogP contribution in [0.1, 0.15) is 6.92 Å². The fourth-order valence-corrected chi connectivity index (χ4v) is 0.430. The van der Waals surface area contributed by atoms with Gasteiger partial charge in [0.05, 0.1) is 6.26 Å². The first-order chi connectivity index (χ1) is 5.77. The molecule has 1 heterocycles. The second kappa shape index (κ2) is 7.47. The molecule has 0 aliphatic rings. The van der Waals surface area contributed by atoms with E-state index in [9.17, 15) is 4.79 Å². The zero-order valence-corrected chi connectivity index (χ0v) is 6.93. The topological polar surface area (TPSA) is 39.2 Å². The first-order valence-electron chi connectivity index (χ1n) is 3.40. The van der Waals surface area contributed by atoms with E-state index in [1.807, 2.05) is 18.2 Å². The van der Waals surface area contributed by atoms with Gasteiger partial charge in [0.2, 0.25) is 0 Å². The molecule has 0 atom stereocenters. The molecule has 0 saturated heterocycles. The number of carbonyl (C=O) groups excluding carboxylic acids is 1. The molecule has 0 saturated carbocycles. The Morgan fingerprint density at radius 1 is 1.42 bits per heavy atom. The van der Waals surface area contributed by atoms with Crippen LogP contribution in [0.25, 0.3) is 0 Å². The summed E-state index contributed by atoms with van der Waals surface area (Å²) in [5.41, 5.74) is 0. The zero-order valence-electron chi connectivity index (χ0n) is 6.93. The van der Waals surface area contributed by atoms with Crippen molar-refractivity contribution < 1.29 is 9.53 Å². The van der Waals surface area contributed by atoms with Gasteiger partial charge in [-0.3, -0.25) is 9.78 Å². The third kappa shape index (κ3) is 8.36. The van der Waals surface area contributed by atoms with Crippen LogP contribution in [0.5, 0.6) is 0 Å². The van der Waals surface area contributed by atoms with E-state index in [4.69, 9.17) is 0 Å². The van der Waals surface area contributed by atoms with E-state index in [1.165, 1.54) is 6.92 Å². The van der Waals surface area contributed by atoms with Crippen LogP contribution in [0.15, 0.2) is 43.4 Å². The van der Waals surface area contributed by atoms with Crippen molar-refractivity contribution in [1.29, 1.82) is 0 Å². The van der Waals surface area contributed by atoms with Crippen molar-refractivity contribution in [2.75, 3.05) is 0 Å². The predicted molar refractivity (Wildman–Crippen MR) is 46.2 cm³/mol.